The molecule has 1 fully saturated rings. The van der Waals surface area contributed by atoms with E-state index in [-0.39, 0.29) is 11.4 Å². The largest absolute Gasteiger partial charge is 0.496 e. The summed E-state index contributed by atoms with van der Waals surface area (Å²) < 4.78 is 19.0. The summed E-state index contributed by atoms with van der Waals surface area (Å²) in [6.07, 6.45) is 3.61. The van der Waals surface area contributed by atoms with Gasteiger partial charge in [-0.25, -0.2) is 4.39 Å². The smallest absolute Gasteiger partial charge is 0.130 e. The van der Waals surface area contributed by atoms with E-state index in [9.17, 15) is 4.39 Å². The van der Waals surface area contributed by atoms with Crippen LogP contribution in [-0.4, -0.2) is 12.6 Å². The van der Waals surface area contributed by atoms with Gasteiger partial charge in [-0.05, 0) is 44.2 Å². The Labute approximate surface area is 95.6 Å². The molecule has 16 heavy (non-hydrogen) atoms. The summed E-state index contributed by atoms with van der Waals surface area (Å²) in [5.41, 5.74) is 7.61. The van der Waals surface area contributed by atoms with Crippen molar-refractivity contribution in [3.8, 4) is 5.75 Å². The highest BCUT2D eigenvalue weighted by Gasteiger charge is 2.37. The maximum atomic E-state index is 13.7. The average molecular weight is 223 g/mol. The Balaban J connectivity index is 2.20. The van der Waals surface area contributed by atoms with Crippen LogP contribution in [0.3, 0.4) is 0 Å². The molecule has 0 radical (unpaired) electrons. The van der Waals surface area contributed by atoms with Gasteiger partial charge >= 0.3 is 0 Å². The van der Waals surface area contributed by atoms with Crippen LogP contribution in [0.1, 0.15) is 30.4 Å². The summed E-state index contributed by atoms with van der Waals surface area (Å²) in [6, 6.07) is 3.25. The van der Waals surface area contributed by atoms with Crippen molar-refractivity contribution in [3.05, 3.63) is 29.1 Å². The third-order valence-corrected chi connectivity index (χ3v) is 3.37. The first kappa shape index (κ1) is 11.4. The molecular formula is C13H18FNO. The minimum absolute atomic E-state index is 0.0405. The van der Waals surface area contributed by atoms with E-state index in [0.29, 0.717) is 17.7 Å². The van der Waals surface area contributed by atoms with Crippen LogP contribution in [0.25, 0.3) is 0 Å². The van der Waals surface area contributed by atoms with Crippen molar-refractivity contribution in [3.63, 3.8) is 0 Å². The molecule has 0 amide bonds. The van der Waals surface area contributed by atoms with E-state index in [2.05, 4.69) is 0 Å². The second-order valence-corrected chi connectivity index (χ2v) is 4.74. The third-order valence-electron chi connectivity index (χ3n) is 3.37. The summed E-state index contributed by atoms with van der Waals surface area (Å²) in [5, 5.41) is 0. The number of hydrogen-bond donors (Lipinski definition) is 1. The van der Waals surface area contributed by atoms with Gasteiger partial charge in [-0.1, -0.05) is 6.07 Å². The van der Waals surface area contributed by atoms with Gasteiger partial charge in [0.2, 0.25) is 0 Å². The number of halogens is 1. The number of methoxy groups -OCH3 is 1. The lowest BCUT2D eigenvalue weighted by Crippen LogP contribution is -2.22. The fourth-order valence-electron chi connectivity index (χ4n) is 2.02. The van der Waals surface area contributed by atoms with Crippen LogP contribution in [-0.2, 0) is 6.42 Å². The average Bonchev–Trinajstić information content (AvgIpc) is 2.98. The molecule has 88 valence electrons. The van der Waals surface area contributed by atoms with E-state index >= 15 is 0 Å². The molecule has 2 nitrogen and oxygen atoms in total. The number of hydrogen-bond acceptors (Lipinski definition) is 2. The normalized spacial score (nSPS) is 17.2. The lowest BCUT2D eigenvalue weighted by Gasteiger charge is -2.14. The Hall–Kier alpha value is -1.09. The Bertz CT molecular complexity index is 399. The van der Waals surface area contributed by atoms with Crippen molar-refractivity contribution in [1.82, 2.24) is 0 Å². The maximum absolute atomic E-state index is 13.7. The third kappa shape index (κ3) is 2.19. The molecular weight excluding hydrogens is 205 g/mol. The second-order valence-electron chi connectivity index (χ2n) is 4.74. The standard InChI is InChI=1S/C13H18FNO/c1-9-3-4-11(14)10(12(9)16-2)5-6-13(15)7-8-13/h3-4H,5-8,15H2,1-2H3. The minimum Gasteiger partial charge on any atom is -0.496 e. The lowest BCUT2D eigenvalue weighted by molar-refractivity contribution is 0.399. The van der Waals surface area contributed by atoms with Gasteiger partial charge in [0.15, 0.2) is 0 Å². The van der Waals surface area contributed by atoms with E-state index in [4.69, 9.17) is 10.5 Å². The Morgan fingerprint density at radius 1 is 1.44 bits per heavy atom. The van der Waals surface area contributed by atoms with Crippen LogP contribution in [0.2, 0.25) is 0 Å². The van der Waals surface area contributed by atoms with Gasteiger partial charge in [0.1, 0.15) is 11.6 Å². The van der Waals surface area contributed by atoms with Crippen LogP contribution in [0.4, 0.5) is 4.39 Å². The van der Waals surface area contributed by atoms with Gasteiger partial charge in [-0.3, -0.25) is 0 Å². The molecule has 3 heteroatoms. The van der Waals surface area contributed by atoms with Crippen LogP contribution in [0.5, 0.6) is 5.75 Å². The minimum atomic E-state index is -0.188. The van der Waals surface area contributed by atoms with Crippen molar-refractivity contribution in [1.29, 1.82) is 0 Å². The zero-order chi connectivity index (χ0) is 11.8. The molecule has 0 atom stereocenters. The molecule has 1 aliphatic carbocycles. The fraction of sp³-hybridized carbons (Fsp3) is 0.538. The molecule has 1 aromatic carbocycles. The highest BCUT2D eigenvalue weighted by atomic mass is 19.1. The fourth-order valence-corrected chi connectivity index (χ4v) is 2.02. The van der Waals surface area contributed by atoms with Crippen molar-refractivity contribution < 1.29 is 9.13 Å². The van der Waals surface area contributed by atoms with Gasteiger partial charge in [0.25, 0.3) is 0 Å². The topological polar surface area (TPSA) is 35.2 Å². The summed E-state index contributed by atoms with van der Waals surface area (Å²) in [6.45, 7) is 1.93. The maximum Gasteiger partial charge on any atom is 0.130 e. The summed E-state index contributed by atoms with van der Waals surface area (Å²) in [7, 11) is 1.58. The molecule has 0 aromatic heterocycles. The first-order chi connectivity index (χ1) is 7.56. The van der Waals surface area contributed by atoms with Gasteiger partial charge in [-0.2, -0.15) is 0 Å². The highest BCUT2D eigenvalue weighted by Crippen LogP contribution is 2.38. The molecule has 0 aliphatic heterocycles. The van der Waals surface area contributed by atoms with Crippen LogP contribution >= 0.6 is 0 Å². The van der Waals surface area contributed by atoms with E-state index in [1.165, 1.54) is 6.07 Å². The zero-order valence-corrected chi connectivity index (χ0v) is 9.85. The molecule has 2 rings (SSSR count). The molecule has 1 aliphatic rings. The molecule has 0 heterocycles. The van der Waals surface area contributed by atoms with Gasteiger partial charge in [0, 0.05) is 11.1 Å². The molecule has 1 aromatic rings. The van der Waals surface area contributed by atoms with Crippen molar-refractivity contribution in [2.75, 3.05) is 7.11 Å². The Kier molecular flexibility index (Phi) is 2.89. The highest BCUT2D eigenvalue weighted by molar-refractivity contribution is 5.42. The number of ether oxygens (including phenoxy) is 1. The summed E-state index contributed by atoms with van der Waals surface area (Å²) in [4.78, 5) is 0. The van der Waals surface area contributed by atoms with Crippen molar-refractivity contribution in [2.45, 2.75) is 38.1 Å². The van der Waals surface area contributed by atoms with Crippen LogP contribution in [0.15, 0.2) is 12.1 Å². The number of nitrogens with two attached hydrogens (primary N) is 1. The Morgan fingerprint density at radius 3 is 2.69 bits per heavy atom. The predicted octanol–water partition coefficient (Wildman–Crippen LogP) is 2.57. The zero-order valence-electron chi connectivity index (χ0n) is 9.85. The molecule has 0 saturated heterocycles. The molecule has 2 N–H and O–H groups in total. The second kappa shape index (κ2) is 4.06. The summed E-state index contributed by atoms with van der Waals surface area (Å²) in [5.74, 6) is 0.482. The molecule has 1 saturated carbocycles. The van der Waals surface area contributed by atoms with Crippen molar-refractivity contribution in [2.24, 2.45) is 5.73 Å². The molecule has 0 spiro atoms. The van der Waals surface area contributed by atoms with Crippen LogP contribution < -0.4 is 10.5 Å². The Morgan fingerprint density at radius 2 is 2.12 bits per heavy atom. The van der Waals surface area contributed by atoms with E-state index in [1.807, 2.05) is 6.92 Å². The van der Waals surface area contributed by atoms with E-state index in [0.717, 1.165) is 24.8 Å². The van der Waals surface area contributed by atoms with E-state index < -0.39 is 0 Å². The lowest BCUT2D eigenvalue weighted by atomic mass is 10.0. The molecule has 0 bridgehead atoms. The number of rotatable bonds is 4. The number of aryl methyl sites for hydroxylation is 1. The van der Waals surface area contributed by atoms with Gasteiger partial charge in [0.05, 0.1) is 7.11 Å². The van der Waals surface area contributed by atoms with Gasteiger partial charge < -0.3 is 10.5 Å². The molecule has 0 unspecified atom stereocenters. The first-order valence-corrected chi connectivity index (χ1v) is 5.66. The summed E-state index contributed by atoms with van der Waals surface area (Å²) >= 11 is 0. The quantitative estimate of drug-likeness (QED) is 0.851. The van der Waals surface area contributed by atoms with Crippen LogP contribution in [0, 0.1) is 12.7 Å². The first-order valence-electron chi connectivity index (χ1n) is 5.66. The van der Waals surface area contributed by atoms with Crippen molar-refractivity contribution >= 4 is 0 Å². The predicted molar refractivity (Wildman–Crippen MR) is 62.2 cm³/mol. The SMILES string of the molecule is COc1c(C)ccc(F)c1CCC1(N)CC1. The van der Waals surface area contributed by atoms with E-state index in [1.54, 1.807) is 13.2 Å². The monoisotopic (exact) mass is 223 g/mol. The van der Waals surface area contributed by atoms with Gasteiger partial charge in [-0.15, -0.1) is 0 Å². The number of benzene rings is 1.